The van der Waals surface area contributed by atoms with E-state index >= 15 is 0 Å². The van der Waals surface area contributed by atoms with Gasteiger partial charge in [-0.3, -0.25) is 0 Å². The van der Waals surface area contributed by atoms with Gasteiger partial charge < -0.3 is 10.5 Å². The van der Waals surface area contributed by atoms with Crippen LogP contribution in [0, 0.1) is 11.3 Å². The molecule has 0 atom stereocenters. The van der Waals surface area contributed by atoms with Gasteiger partial charge in [0.15, 0.2) is 0 Å². The second-order valence-electron chi connectivity index (χ2n) is 3.18. The Morgan fingerprint density at radius 3 is 2.88 bits per heavy atom. The van der Waals surface area contributed by atoms with Gasteiger partial charge in [-0.1, -0.05) is 15.9 Å². The monoisotopic (exact) mass is 277 g/mol. The molecule has 0 spiro atoms. The van der Waals surface area contributed by atoms with Crippen LogP contribution < -0.4 is 10.5 Å². The van der Waals surface area contributed by atoms with Crippen LogP contribution in [0.4, 0.5) is 5.82 Å². The number of benzene rings is 1. The number of hydrogen-bond donors (Lipinski definition) is 1. The zero-order valence-electron chi connectivity index (χ0n) is 8.49. The average molecular weight is 278 g/mol. The summed E-state index contributed by atoms with van der Waals surface area (Å²) in [5.74, 6) is 0.848. The fourth-order valence-corrected chi connectivity index (χ4v) is 1.90. The Hall–Kier alpha value is -1.80. The van der Waals surface area contributed by atoms with Crippen molar-refractivity contribution in [3.8, 4) is 11.8 Å². The van der Waals surface area contributed by atoms with Crippen molar-refractivity contribution >= 4 is 32.7 Å². The van der Waals surface area contributed by atoms with Crippen LogP contribution in [0.5, 0.6) is 5.75 Å². The first-order chi connectivity index (χ1) is 7.67. The van der Waals surface area contributed by atoms with Gasteiger partial charge in [0.25, 0.3) is 0 Å². The number of nitrogens with two attached hydrogens (primary N) is 1. The average Bonchev–Trinajstić information content (AvgIpc) is 2.29. The van der Waals surface area contributed by atoms with Crippen molar-refractivity contribution in [2.45, 2.75) is 0 Å². The molecule has 0 unspecified atom stereocenters. The number of nitrogens with zero attached hydrogens (tertiary/aromatic N) is 2. The standard InChI is InChI=1S/C11H8BrN3O/c1-16-9-3-2-8(12)7-4-6(5-13)11(14)15-10(7)9/h2-4H,1H3,(H2,14,15). The minimum Gasteiger partial charge on any atom is -0.494 e. The zero-order valence-corrected chi connectivity index (χ0v) is 10.1. The number of hydrogen-bond acceptors (Lipinski definition) is 4. The molecule has 1 aromatic heterocycles. The SMILES string of the molecule is COc1ccc(Br)c2cc(C#N)c(N)nc12. The highest BCUT2D eigenvalue weighted by molar-refractivity contribution is 9.10. The number of fused-ring (bicyclic) bond motifs is 1. The molecular formula is C11H8BrN3O. The molecule has 0 amide bonds. The third kappa shape index (κ3) is 1.57. The van der Waals surface area contributed by atoms with E-state index in [1.165, 1.54) is 0 Å². The maximum Gasteiger partial charge on any atom is 0.145 e. The molecule has 0 radical (unpaired) electrons. The number of halogens is 1. The van der Waals surface area contributed by atoms with Crippen molar-refractivity contribution in [3.63, 3.8) is 0 Å². The number of ether oxygens (including phenoxy) is 1. The first-order valence-electron chi connectivity index (χ1n) is 4.50. The van der Waals surface area contributed by atoms with E-state index in [1.807, 2.05) is 12.1 Å². The number of pyridine rings is 1. The van der Waals surface area contributed by atoms with Gasteiger partial charge in [0, 0.05) is 9.86 Å². The first kappa shape index (κ1) is 10.7. The fourth-order valence-electron chi connectivity index (χ4n) is 1.47. The van der Waals surface area contributed by atoms with E-state index in [9.17, 15) is 0 Å². The fraction of sp³-hybridized carbons (Fsp3) is 0.0909. The number of anilines is 1. The van der Waals surface area contributed by atoms with Gasteiger partial charge in [0.2, 0.25) is 0 Å². The van der Waals surface area contributed by atoms with Crippen LogP contribution in [0.3, 0.4) is 0 Å². The van der Waals surface area contributed by atoms with Crippen LogP contribution >= 0.6 is 15.9 Å². The summed E-state index contributed by atoms with van der Waals surface area (Å²) in [7, 11) is 1.57. The minimum absolute atomic E-state index is 0.214. The van der Waals surface area contributed by atoms with E-state index in [1.54, 1.807) is 19.2 Å². The maximum atomic E-state index is 8.88. The topological polar surface area (TPSA) is 71.9 Å². The molecule has 0 fully saturated rings. The molecule has 0 saturated heterocycles. The Morgan fingerprint density at radius 1 is 1.50 bits per heavy atom. The quantitative estimate of drug-likeness (QED) is 0.869. The highest BCUT2D eigenvalue weighted by atomic mass is 79.9. The molecule has 0 aliphatic rings. The highest BCUT2D eigenvalue weighted by Crippen LogP contribution is 2.32. The molecule has 0 aliphatic heterocycles. The Morgan fingerprint density at radius 2 is 2.25 bits per heavy atom. The van der Waals surface area contributed by atoms with E-state index in [2.05, 4.69) is 20.9 Å². The lowest BCUT2D eigenvalue weighted by molar-refractivity contribution is 0.419. The third-order valence-electron chi connectivity index (χ3n) is 2.26. The molecule has 1 heterocycles. The van der Waals surface area contributed by atoms with Crippen LogP contribution in [-0.4, -0.2) is 12.1 Å². The summed E-state index contributed by atoms with van der Waals surface area (Å²) in [6.45, 7) is 0. The van der Waals surface area contributed by atoms with E-state index in [4.69, 9.17) is 15.7 Å². The molecule has 0 saturated carbocycles. The summed E-state index contributed by atoms with van der Waals surface area (Å²) in [6.07, 6.45) is 0. The summed E-state index contributed by atoms with van der Waals surface area (Å²) < 4.78 is 6.04. The summed E-state index contributed by atoms with van der Waals surface area (Å²) >= 11 is 3.40. The van der Waals surface area contributed by atoms with E-state index in [0.717, 1.165) is 9.86 Å². The molecule has 1 aromatic carbocycles. The summed E-state index contributed by atoms with van der Waals surface area (Å²) in [5, 5.41) is 9.69. The van der Waals surface area contributed by atoms with Crippen LogP contribution in [-0.2, 0) is 0 Å². The first-order valence-corrected chi connectivity index (χ1v) is 5.29. The van der Waals surface area contributed by atoms with Crippen molar-refractivity contribution in [1.82, 2.24) is 4.98 Å². The molecule has 0 bridgehead atoms. The van der Waals surface area contributed by atoms with E-state index in [0.29, 0.717) is 16.8 Å². The van der Waals surface area contributed by atoms with Gasteiger partial charge in [-0.05, 0) is 18.2 Å². The van der Waals surface area contributed by atoms with Crippen molar-refractivity contribution < 1.29 is 4.74 Å². The van der Waals surface area contributed by atoms with Crippen molar-refractivity contribution in [3.05, 3.63) is 28.2 Å². The molecule has 4 nitrogen and oxygen atoms in total. The Balaban J connectivity index is 2.89. The summed E-state index contributed by atoms with van der Waals surface area (Å²) in [5.41, 5.74) is 6.68. The number of methoxy groups -OCH3 is 1. The molecule has 0 aliphatic carbocycles. The summed E-state index contributed by atoms with van der Waals surface area (Å²) in [6, 6.07) is 7.35. The van der Waals surface area contributed by atoms with Gasteiger partial charge in [-0.25, -0.2) is 4.98 Å². The summed E-state index contributed by atoms with van der Waals surface area (Å²) in [4.78, 5) is 4.18. The van der Waals surface area contributed by atoms with E-state index < -0.39 is 0 Å². The lowest BCUT2D eigenvalue weighted by Crippen LogP contribution is -1.97. The van der Waals surface area contributed by atoms with Crippen LogP contribution in [0.15, 0.2) is 22.7 Å². The van der Waals surface area contributed by atoms with Crippen LogP contribution in [0.25, 0.3) is 10.9 Å². The predicted molar refractivity (Wildman–Crippen MR) is 65.1 cm³/mol. The number of nitrogen functional groups attached to an aromatic ring is 1. The largest absolute Gasteiger partial charge is 0.494 e. The predicted octanol–water partition coefficient (Wildman–Crippen LogP) is 2.46. The maximum absolute atomic E-state index is 8.88. The van der Waals surface area contributed by atoms with Gasteiger partial charge in [0.1, 0.15) is 23.2 Å². The third-order valence-corrected chi connectivity index (χ3v) is 2.96. The molecule has 5 heteroatoms. The number of nitriles is 1. The number of aromatic nitrogens is 1. The number of rotatable bonds is 1. The smallest absolute Gasteiger partial charge is 0.145 e. The Bertz CT molecular complexity index is 604. The molecule has 2 N–H and O–H groups in total. The Kier molecular flexibility index (Phi) is 2.67. The van der Waals surface area contributed by atoms with Crippen molar-refractivity contribution in [2.24, 2.45) is 0 Å². The molecule has 80 valence electrons. The van der Waals surface area contributed by atoms with Crippen LogP contribution in [0.2, 0.25) is 0 Å². The lowest BCUT2D eigenvalue weighted by Gasteiger charge is -2.07. The minimum atomic E-state index is 0.214. The molecular weight excluding hydrogens is 270 g/mol. The van der Waals surface area contributed by atoms with Gasteiger partial charge >= 0.3 is 0 Å². The van der Waals surface area contributed by atoms with Crippen molar-refractivity contribution in [2.75, 3.05) is 12.8 Å². The Labute approximate surface area is 101 Å². The normalized spacial score (nSPS) is 10.1. The second kappa shape index (κ2) is 3.99. The van der Waals surface area contributed by atoms with Gasteiger partial charge in [0.05, 0.1) is 12.7 Å². The zero-order chi connectivity index (χ0) is 11.7. The van der Waals surface area contributed by atoms with Gasteiger partial charge in [-0.15, -0.1) is 0 Å². The van der Waals surface area contributed by atoms with E-state index in [-0.39, 0.29) is 5.82 Å². The molecule has 2 aromatic rings. The highest BCUT2D eigenvalue weighted by Gasteiger charge is 2.10. The lowest BCUT2D eigenvalue weighted by atomic mass is 10.1. The molecule has 16 heavy (non-hydrogen) atoms. The van der Waals surface area contributed by atoms with Crippen LogP contribution in [0.1, 0.15) is 5.56 Å². The van der Waals surface area contributed by atoms with Crippen molar-refractivity contribution in [1.29, 1.82) is 5.26 Å². The van der Waals surface area contributed by atoms with Gasteiger partial charge in [-0.2, -0.15) is 5.26 Å². The second-order valence-corrected chi connectivity index (χ2v) is 4.03. The molecule has 2 rings (SSSR count).